The van der Waals surface area contributed by atoms with Crippen molar-refractivity contribution in [1.29, 1.82) is 0 Å². The highest BCUT2D eigenvalue weighted by atomic mass is 35.5. The van der Waals surface area contributed by atoms with Crippen LogP contribution in [-0.4, -0.2) is 11.1 Å². The fraction of sp³-hybridized carbons (Fsp3) is 0.125. The van der Waals surface area contributed by atoms with Gasteiger partial charge in [0, 0.05) is 11.1 Å². The molecule has 2 rings (SSSR count). The van der Waals surface area contributed by atoms with E-state index in [1.54, 1.807) is 24.3 Å². The molecule has 0 aliphatic rings. The van der Waals surface area contributed by atoms with Gasteiger partial charge < -0.3 is 5.73 Å². The van der Waals surface area contributed by atoms with Gasteiger partial charge in [0.25, 0.3) is 5.24 Å². The van der Waals surface area contributed by atoms with Crippen LogP contribution in [0.15, 0.2) is 30.3 Å². The summed E-state index contributed by atoms with van der Waals surface area (Å²) in [5.74, 6) is -6.80. The van der Waals surface area contributed by atoms with Crippen molar-refractivity contribution in [2.45, 2.75) is 13.1 Å². The van der Waals surface area contributed by atoms with Gasteiger partial charge in [-0.1, -0.05) is 18.2 Å². The Hall–Kier alpha value is -2.55. The average molecular weight is 398 g/mol. The first-order chi connectivity index (χ1) is 11.9. The highest BCUT2D eigenvalue weighted by molar-refractivity contribution is 6.68. The zero-order valence-corrected chi connectivity index (χ0v) is 13.7. The van der Waals surface area contributed by atoms with Gasteiger partial charge in [-0.15, -0.1) is 0 Å². The summed E-state index contributed by atoms with van der Waals surface area (Å²) in [5, 5.41) is -1.85. The number of rotatable bonds is 2. The molecule has 2 aromatic rings. The van der Waals surface area contributed by atoms with Gasteiger partial charge in [-0.05, 0) is 30.7 Å². The normalized spacial score (nSPS) is 10.8. The van der Waals surface area contributed by atoms with Crippen LogP contribution < -0.4 is 5.73 Å². The predicted molar refractivity (Wildman–Crippen MR) is 81.2 cm³/mol. The van der Waals surface area contributed by atoms with Crippen molar-refractivity contribution in [3.8, 4) is 0 Å². The molecular weight excluding hydrogens is 388 g/mol. The van der Waals surface area contributed by atoms with E-state index in [9.17, 15) is 35.9 Å². The number of nitrogens with two attached hydrogens (primary N) is 1. The van der Waals surface area contributed by atoms with Crippen molar-refractivity contribution < 1.29 is 35.9 Å². The molecule has 1 amide bonds. The van der Waals surface area contributed by atoms with E-state index in [-0.39, 0.29) is 5.91 Å². The van der Waals surface area contributed by atoms with Gasteiger partial charge in [-0.25, -0.2) is 13.2 Å². The highest BCUT2D eigenvalue weighted by Crippen LogP contribution is 2.38. The molecule has 26 heavy (non-hydrogen) atoms. The molecule has 0 radical (unpaired) electrons. The van der Waals surface area contributed by atoms with Crippen LogP contribution in [0.3, 0.4) is 0 Å². The maximum absolute atomic E-state index is 13.1. The van der Waals surface area contributed by atoms with E-state index in [4.69, 9.17) is 17.3 Å². The minimum Gasteiger partial charge on any atom is -0.366 e. The molecule has 3 nitrogen and oxygen atoms in total. The quantitative estimate of drug-likeness (QED) is 0.457. The van der Waals surface area contributed by atoms with Crippen LogP contribution in [0.2, 0.25) is 0 Å². The summed E-state index contributed by atoms with van der Waals surface area (Å²) < 4.78 is 76.4. The number of primary amides is 1. The third-order valence-corrected chi connectivity index (χ3v) is 3.29. The zero-order valence-electron chi connectivity index (χ0n) is 12.9. The Balaban J connectivity index is 0.000000314. The molecule has 0 atom stereocenters. The minimum absolute atomic E-state index is 0.379. The third-order valence-electron chi connectivity index (χ3n) is 3.10. The van der Waals surface area contributed by atoms with E-state index in [1.165, 1.54) is 0 Å². The molecule has 0 aliphatic carbocycles. The Kier molecular flexibility index (Phi) is 6.79. The lowest BCUT2D eigenvalue weighted by molar-refractivity contribution is -0.138. The van der Waals surface area contributed by atoms with Crippen LogP contribution in [0, 0.1) is 24.4 Å². The SMILES string of the molecule is Cc1c(F)c(F)c(F)c(C(=O)Cl)c1C(F)(F)F.NC(=O)c1ccccc1. The number of amides is 1. The fourth-order valence-electron chi connectivity index (χ4n) is 1.92. The van der Waals surface area contributed by atoms with Crippen LogP contribution in [0.4, 0.5) is 26.3 Å². The maximum Gasteiger partial charge on any atom is 0.417 e. The Morgan fingerprint density at radius 1 is 0.962 bits per heavy atom. The molecule has 0 aliphatic heterocycles. The molecule has 0 fully saturated rings. The van der Waals surface area contributed by atoms with E-state index < -0.39 is 45.6 Å². The van der Waals surface area contributed by atoms with E-state index in [2.05, 4.69) is 0 Å². The first-order valence-electron chi connectivity index (χ1n) is 6.68. The molecule has 0 bridgehead atoms. The summed E-state index contributed by atoms with van der Waals surface area (Å²) in [4.78, 5) is 21.1. The van der Waals surface area contributed by atoms with E-state index >= 15 is 0 Å². The van der Waals surface area contributed by atoms with Gasteiger partial charge in [0.2, 0.25) is 5.91 Å². The molecule has 0 saturated carbocycles. The Morgan fingerprint density at radius 3 is 1.81 bits per heavy atom. The lowest BCUT2D eigenvalue weighted by Crippen LogP contribution is -2.18. The van der Waals surface area contributed by atoms with E-state index in [0.29, 0.717) is 12.5 Å². The molecule has 0 saturated heterocycles. The van der Waals surface area contributed by atoms with E-state index in [1.807, 2.05) is 6.07 Å². The molecule has 0 spiro atoms. The number of hydrogen-bond donors (Lipinski definition) is 1. The number of hydrogen-bond acceptors (Lipinski definition) is 2. The second-order valence-corrected chi connectivity index (χ2v) is 5.16. The molecule has 10 heteroatoms. The van der Waals surface area contributed by atoms with E-state index in [0.717, 1.165) is 0 Å². The van der Waals surface area contributed by atoms with Crippen molar-refractivity contribution in [3.05, 3.63) is 70.0 Å². The van der Waals surface area contributed by atoms with Crippen LogP contribution in [0.5, 0.6) is 0 Å². The highest BCUT2D eigenvalue weighted by Gasteiger charge is 2.41. The minimum atomic E-state index is -5.22. The van der Waals surface area contributed by atoms with Crippen molar-refractivity contribution in [2.24, 2.45) is 5.73 Å². The predicted octanol–water partition coefficient (Wildman–Crippen LogP) is 4.60. The Bertz CT molecular complexity index is 837. The van der Waals surface area contributed by atoms with Gasteiger partial charge in [0.1, 0.15) is 0 Å². The lowest BCUT2D eigenvalue weighted by Gasteiger charge is -2.15. The van der Waals surface area contributed by atoms with Crippen molar-refractivity contribution >= 4 is 22.8 Å². The van der Waals surface area contributed by atoms with Crippen molar-refractivity contribution in [1.82, 2.24) is 0 Å². The van der Waals surface area contributed by atoms with Crippen molar-refractivity contribution in [2.75, 3.05) is 0 Å². The summed E-state index contributed by atoms with van der Waals surface area (Å²) >= 11 is 4.75. The van der Waals surface area contributed by atoms with Crippen LogP contribution in [-0.2, 0) is 6.18 Å². The number of carbonyl (C=O) groups excluding carboxylic acids is 2. The topological polar surface area (TPSA) is 60.2 Å². The summed E-state index contributed by atoms with van der Waals surface area (Å²) in [7, 11) is 0. The summed E-state index contributed by atoms with van der Waals surface area (Å²) in [6.07, 6.45) is -5.22. The van der Waals surface area contributed by atoms with Gasteiger partial charge in [-0.3, -0.25) is 9.59 Å². The zero-order chi connectivity index (χ0) is 20.2. The largest absolute Gasteiger partial charge is 0.417 e. The Morgan fingerprint density at radius 2 is 1.46 bits per heavy atom. The van der Waals surface area contributed by atoms with Crippen LogP contribution in [0.25, 0.3) is 0 Å². The number of halogens is 7. The summed E-state index contributed by atoms with van der Waals surface area (Å²) in [5.41, 5.74) is 0.685. The second-order valence-electron chi connectivity index (χ2n) is 4.82. The summed E-state index contributed by atoms with van der Waals surface area (Å²) in [6, 6.07) is 8.76. The van der Waals surface area contributed by atoms with Gasteiger partial charge in [0.15, 0.2) is 17.5 Å². The number of alkyl halides is 3. The molecule has 2 aromatic carbocycles. The van der Waals surface area contributed by atoms with Crippen LogP contribution in [0.1, 0.15) is 31.8 Å². The lowest BCUT2D eigenvalue weighted by atomic mass is 10.0. The first kappa shape index (κ1) is 21.5. The molecule has 0 heterocycles. The first-order valence-corrected chi connectivity index (χ1v) is 7.06. The smallest absolute Gasteiger partial charge is 0.366 e. The van der Waals surface area contributed by atoms with Crippen LogP contribution >= 0.6 is 11.6 Å². The molecule has 140 valence electrons. The average Bonchev–Trinajstić information content (AvgIpc) is 2.56. The molecule has 0 unspecified atom stereocenters. The van der Waals surface area contributed by atoms with Crippen molar-refractivity contribution in [3.63, 3.8) is 0 Å². The molecular formula is C16H10ClF6NO2. The van der Waals surface area contributed by atoms with Gasteiger partial charge in [0.05, 0.1) is 11.1 Å². The summed E-state index contributed by atoms with van der Waals surface area (Å²) in [6.45, 7) is 0.573. The third kappa shape index (κ3) is 4.75. The van der Waals surface area contributed by atoms with Gasteiger partial charge >= 0.3 is 6.18 Å². The van der Waals surface area contributed by atoms with Gasteiger partial charge in [-0.2, -0.15) is 13.2 Å². The second kappa shape index (κ2) is 8.22. The number of carbonyl (C=O) groups is 2. The maximum atomic E-state index is 13.1. The Labute approximate surface area is 148 Å². The molecule has 0 aromatic heterocycles. The standard InChI is InChI=1S/C9H3ClF6O.C7H7NO/c1-2-4(9(14,15)16)3(8(10)17)6(12)7(13)5(2)11;8-7(9)6-4-2-1-3-5-6/h1H3;1-5H,(H2,8,9). The fourth-order valence-corrected chi connectivity index (χ4v) is 2.10. The monoisotopic (exact) mass is 397 g/mol. The number of benzene rings is 2. The molecule has 2 N–H and O–H groups in total.